The zero-order valence-electron chi connectivity index (χ0n) is 12.9. The van der Waals surface area contributed by atoms with Crippen molar-refractivity contribution in [3.63, 3.8) is 0 Å². The SMILES string of the molecule is COc1ccc(-c2ccccc2)cc1NCc1ccc(Cl)cc1. The molecule has 0 heterocycles. The van der Waals surface area contributed by atoms with E-state index in [1.165, 1.54) is 11.1 Å². The van der Waals surface area contributed by atoms with Crippen LogP contribution in [0.1, 0.15) is 5.56 Å². The molecule has 3 rings (SSSR count). The quantitative estimate of drug-likeness (QED) is 0.657. The first kappa shape index (κ1) is 15.4. The molecule has 0 saturated heterocycles. The molecule has 0 unspecified atom stereocenters. The van der Waals surface area contributed by atoms with Gasteiger partial charge in [-0.1, -0.05) is 60.1 Å². The van der Waals surface area contributed by atoms with Gasteiger partial charge in [0.15, 0.2) is 0 Å². The molecule has 1 N–H and O–H groups in total. The molecular formula is C20H18ClNO. The summed E-state index contributed by atoms with van der Waals surface area (Å²) in [7, 11) is 1.69. The Labute approximate surface area is 141 Å². The maximum Gasteiger partial charge on any atom is 0.141 e. The Hall–Kier alpha value is -2.45. The van der Waals surface area contributed by atoms with Crippen molar-refractivity contribution in [1.82, 2.24) is 0 Å². The molecular weight excluding hydrogens is 306 g/mol. The highest BCUT2D eigenvalue weighted by Gasteiger charge is 2.06. The Morgan fingerprint density at radius 3 is 2.30 bits per heavy atom. The highest BCUT2D eigenvalue weighted by molar-refractivity contribution is 6.30. The van der Waals surface area contributed by atoms with E-state index in [1.807, 2.05) is 48.5 Å². The van der Waals surface area contributed by atoms with Crippen LogP contribution in [-0.4, -0.2) is 7.11 Å². The topological polar surface area (TPSA) is 21.3 Å². The maximum absolute atomic E-state index is 5.92. The summed E-state index contributed by atoms with van der Waals surface area (Å²) in [5, 5.41) is 4.19. The monoisotopic (exact) mass is 323 g/mol. The van der Waals surface area contributed by atoms with Crippen LogP contribution in [0.5, 0.6) is 5.75 Å². The minimum Gasteiger partial charge on any atom is -0.495 e. The lowest BCUT2D eigenvalue weighted by molar-refractivity contribution is 0.416. The van der Waals surface area contributed by atoms with E-state index in [9.17, 15) is 0 Å². The Bertz CT molecular complexity index is 769. The molecule has 116 valence electrons. The molecule has 0 bridgehead atoms. The van der Waals surface area contributed by atoms with Crippen molar-refractivity contribution in [2.45, 2.75) is 6.54 Å². The lowest BCUT2D eigenvalue weighted by atomic mass is 10.0. The summed E-state index contributed by atoms with van der Waals surface area (Å²) in [5.41, 5.74) is 4.49. The van der Waals surface area contributed by atoms with E-state index >= 15 is 0 Å². The number of ether oxygens (including phenoxy) is 1. The van der Waals surface area contributed by atoms with Crippen molar-refractivity contribution in [2.24, 2.45) is 0 Å². The van der Waals surface area contributed by atoms with Gasteiger partial charge in [0.1, 0.15) is 5.75 Å². The van der Waals surface area contributed by atoms with Gasteiger partial charge in [0.05, 0.1) is 12.8 Å². The fourth-order valence-corrected chi connectivity index (χ4v) is 2.58. The minimum absolute atomic E-state index is 0.714. The van der Waals surface area contributed by atoms with E-state index < -0.39 is 0 Å². The molecule has 0 spiro atoms. The van der Waals surface area contributed by atoms with Gasteiger partial charge in [-0.2, -0.15) is 0 Å². The van der Waals surface area contributed by atoms with Gasteiger partial charge in [-0.05, 0) is 41.0 Å². The molecule has 3 aromatic carbocycles. The Kier molecular flexibility index (Phi) is 4.84. The van der Waals surface area contributed by atoms with Crippen LogP contribution >= 0.6 is 11.6 Å². The second kappa shape index (κ2) is 7.21. The van der Waals surface area contributed by atoms with Crippen LogP contribution in [0.4, 0.5) is 5.69 Å². The number of anilines is 1. The number of methoxy groups -OCH3 is 1. The van der Waals surface area contributed by atoms with Crippen LogP contribution in [0, 0.1) is 0 Å². The van der Waals surface area contributed by atoms with Gasteiger partial charge >= 0.3 is 0 Å². The molecule has 0 aliphatic rings. The molecule has 0 saturated carbocycles. The zero-order valence-corrected chi connectivity index (χ0v) is 13.7. The molecule has 3 aromatic rings. The third-order valence-electron chi connectivity index (χ3n) is 3.70. The molecule has 0 aromatic heterocycles. The van der Waals surface area contributed by atoms with Gasteiger partial charge in [0.25, 0.3) is 0 Å². The standard InChI is InChI=1S/C20H18ClNO/c1-23-20-12-9-17(16-5-3-2-4-6-16)13-19(20)22-14-15-7-10-18(21)11-8-15/h2-13,22H,14H2,1H3. The van der Waals surface area contributed by atoms with Crippen molar-refractivity contribution < 1.29 is 4.74 Å². The predicted molar refractivity (Wildman–Crippen MR) is 97.2 cm³/mol. The average Bonchev–Trinajstić information content (AvgIpc) is 2.62. The summed E-state index contributed by atoms with van der Waals surface area (Å²) in [6.07, 6.45) is 0. The lowest BCUT2D eigenvalue weighted by Gasteiger charge is -2.13. The van der Waals surface area contributed by atoms with Crippen molar-refractivity contribution in [3.8, 4) is 16.9 Å². The van der Waals surface area contributed by atoms with Crippen molar-refractivity contribution in [3.05, 3.63) is 83.4 Å². The fraction of sp³-hybridized carbons (Fsp3) is 0.100. The largest absolute Gasteiger partial charge is 0.495 e. The molecule has 0 atom stereocenters. The second-order valence-corrected chi connectivity index (χ2v) is 5.70. The smallest absolute Gasteiger partial charge is 0.141 e. The molecule has 3 heteroatoms. The molecule has 0 aliphatic heterocycles. The number of halogens is 1. The van der Waals surface area contributed by atoms with E-state index in [1.54, 1.807) is 7.11 Å². The van der Waals surface area contributed by atoms with E-state index in [0.29, 0.717) is 6.54 Å². The summed E-state index contributed by atoms with van der Waals surface area (Å²) in [5.74, 6) is 0.832. The van der Waals surface area contributed by atoms with Gasteiger partial charge in [-0.3, -0.25) is 0 Å². The molecule has 0 amide bonds. The molecule has 23 heavy (non-hydrogen) atoms. The lowest BCUT2D eigenvalue weighted by Crippen LogP contribution is -2.01. The van der Waals surface area contributed by atoms with Crippen LogP contribution < -0.4 is 10.1 Å². The number of hydrogen-bond acceptors (Lipinski definition) is 2. The molecule has 2 nitrogen and oxygen atoms in total. The average molecular weight is 324 g/mol. The zero-order chi connectivity index (χ0) is 16.1. The molecule has 0 aliphatic carbocycles. The third kappa shape index (κ3) is 3.85. The number of nitrogens with one attached hydrogen (secondary N) is 1. The fourth-order valence-electron chi connectivity index (χ4n) is 2.46. The Balaban J connectivity index is 1.83. The van der Waals surface area contributed by atoms with E-state index in [4.69, 9.17) is 16.3 Å². The van der Waals surface area contributed by atoms with E-state index in [0.717, 1.165) is 22.0 Å². The van der Waals surface area contributed by atoms with Crippen molar-refractivity contribution >= 4 is 17.3 Å². The van der Waals surface area contributed by atoms with Gasteiger partial charge in [-0.15, -0.1) is 0 Å². The molecule has 0 radical (unpaired) electrons. The van der Waals surface area contributed by atoms with Crippen molar-refractivity contribution in [2.75, 3.05) is 12.4 Å². The number of hydrogen-bond donors (Lipinski definition) is 1. The van der Waals surface area contributed by atoms with Gasteiger partial charge in [-0.25, -0.2) is 0 Å². The number of rotatable bonds is 5. The van der Waals surface area contributed by atoms with Crippen LogP contribution in [-0.2, 0) is 6.54 Å². The first-order valence-electron chi connectivity index (χ1n) is 7.48. The second-order valence-electron chi connectivity index (χ2n) is 5.26. The third-order valence-corrected chi connectivity index (χ3v) is 3.95. The van der Waals surface area contributed by atoms with E-state index in [-0.39, 0.29) is 0 Å². The molecule has 0 fully saturated rings. The van der Waals surface area contributed by atoms with Crippen LogP contribution in [0.25, 0.3) is 11.1 Å². The Morgan fingerprint density at radius 1 is 0.870 bits per heavy atom. The summed E-state index contributed by atoms with van der Waals surface area (Å²) >= 11 is 5.92. The number of benzene rings is 3. The van der Waals surface area contributed by atoms with Gasteiger partial charge in [0.2, 0.25) is 0 Å². The summed E-state index contributed by atoms with van der Waals surface area (Å²) in [4.78, 5) is 0. The summed E-state index contributed by atoms with van der Waals surface area (Å²) < 4.78 is 5.46. The summed E-state index contributed by atoms with van der Waals surface area (Å²) in [6.45, 7) is 0.714. The minimum atomic E-state index is 0.714. The highest BCUT2D eigenvalue weighted by atomic mass is 35.5. The first-order chi connectivity index (χ1) is 11.3. The predicted octanol–water partition coefficient (Wildman–Crippen LogP) is 5.63. The Morgan fingerprint density at radius 2 is 1.61 bits per heavy atom. The van der Waals surface area contributed by atoms with Gasteiger partial charge < -0.3 is 10.1 Å². The normalized spacial score (nSPS) is 10.3. The van der Waals surface area contributed by atoms with Crippen LogP contribution in [0.3, 0.4) is 0 Å². The van der Waals surface area contributed by atoms with Crippen LogP contribution in [0.2, 0.25) is 5.02 Å². The van der Waals surface area contributed by atoms with Crippen LogP contribution in [0.15, 0.2) is 72.8 Å². The van der Waals surface area contributed by atoms with E-state index in [2.05, 4.69) is 29.6 Å². The highest BCUT2D eigenvalue weighted by Crippen LogP contribution is 2.31. The maximum atomic E-state index is 5.92. The first-order valence-corrected chi connectivity index (χ1v) is 7.86. The van der Waals surface area contributed by atoms with Crippen molar-refractivity contribution in [1.29, 1.82) is 0 Å². The summed E-state index contributed by atoms with van der Waals surface area (Å²) in [6, 6.07) is 24.3. The van der Waals surface area contributed by atoms with Gasteiger partial charge in [0, 0.05) is 11.6 Å².